The van der Waals surface area contributed by atoms with Gasteiger partial charge in [-0.05, 0) is 30.3 Å². The van der Waals surface area contributed by atoms with Gasteiger partial charge in [0.05, 0.1) is 18.7 Å². The lowest BCUT2D eigenvalue weighted by Crippen LogP contribution is -2.37. The summed E-state index contributed by atoms with van der Waals surface area (Å²) in [5.74, 6) is 1.55. The van der Waals surface area contributed by atoms with Gasteiger partial charge in [-0.25, -0.2) is 14.8 Å². The number of morpholine rings is 1. The molecule has 1 saturated heterocycles. The number of amides is 2. The highest BCUT2D eigenvalue weighted by atomic mass is 16.5. The maximum atomic E-state index is 11.4. The van der Waals surface area contributed by atoms with Crippen molar-refractivity contribution in [1.29, 1.82) is 0 Å². The molecule has 4 rings (SSSR count). The Balaban J connectivity index is 1.69. The standard InChI is InChI=1S/C18H20N6O2/c1-19-18(25)21-13-4-2-12(3-5-13)16-22-14-6-7-20-15(14)17(23-16)24-8-10-26-11-9-24/h2-7,20H,8-11H2,1H3,(H2,19,21,25). The van der Waals surface area contributed by atoms with Crippen molar-refractivity contribution < 1.29 is 9.53 Å². The SMILES string of the molecule is CNC(=O)Nc1ccc(-c2nc(N3CCOCC3)c3[nH]ccc3n2)cc1. The molecule has 1 aliphatic heterocycles. The van der Waals surface area contributed by atoms with Crippen LogP contribution in [0.2, 0.25) is 0 Å². The van der Waals surface area contributed by atoms with E-state index in [2.05, 4.69) is 25.5 Å². The Kier molecular flexibility index (Phi) is 4.40. The van der Waals surface area contributed by atoms with E-state index in [9.17, 15) is 4.79 Å². The number of fused-ring (bicyclic) bond motifs is 1. The zero-order chi connectivity index (χ0) is 17.9. The van der Waals surface area contributed by atoms with E-state index in [1.54, 1.807) is 7.05 Å². The number of urea groups is 1. The van der Waals surface area contributed by atoms with E-state index in [0.29, 0.717) is 24.7 Å². The average Bonchev–Trinajstić information content (AvgIpc) is 3.17. The summed E-state index contributed by atoms with van der Waals surface area (Å²) in [5.41, 5.74) is 3.42. The number of hydrogen-bond donors (Lipinski definition) is 3. The summed E-state index contributed by atoms with van der Waals surface area (Å²) >= 11 is 0. The first-order chi connectivity index (χ1) is 12.7. The zero-order valence-electron chi connectivity index (χ0n) is 14.5. The van der Waals surface area contributed by atoms with Crippen molar-refractivity contribution in [3.05, 3.63) is 36.5 Å². The molecule has 3 heterocycles. The van der Waals surface area contributed by atoms with E-state index in [0.717, 1.165) is 35.5 Å². The number of benzene rings is 1. The summed E-state index contributed by atoms with van der Waals surface area (Å²) in [7, 11) is 1.58. The lowest BCUT2D eigenvalue weighted by atomic mass is 10.2. The molecular weight excluding hydrogens is 332 g/mol. The van der Waals surface area contributed by atoms with Crippen LogP contribution in [-0.4, -0.2) is 54.3 Å². The van der Waals surface area contributed by atoms with Gasteiger partial charge in [0.2, 0.25) is 0 Å². The third-order valence-electron chi connectivity index (χ3n) is 4.33. The van der Waals surface area contributed by atoms with E-state index in [1.165, 1.54) is 0 Å². The van der Waals surface area contributed by atoms with Gasteiger partial charge in [0.1, 0.15) is 5.52 Å². The van der Waals surface area contributed by atoms with Crippen LogP contribution in [0.3, 0.4) is 0 Å². The number of hydrogen-bond acceptors (Lipinski definition) is 5. The first-order valence-electron chi connectivity index (χ1n) is 8.51. The summed E-state index contributed by atoms with van der Waals surface area (Å²) in [6.07, 6.45) is 1.88. The summed E-state index contributed by atoms with van der Waals surface area (Å²) in [6, 6.07) is 9.18. The van der Waals surface area contributed by atoms with Gasteiger partial charge in [0, 0.05) is 37.6 Å². The van der Waals surface area contributed by atoms with Crippen LogP contribution in [0.15, 0.2) is 36.5 Å². The third-order valence-corrected chi connectivity index (χ3v) is 4.33. The first-order valence-corrected chi connectivity index (χ1v) is 8.51. The Bertz CT molecular complexity index is 915. The normalized spacial score (nSPS) is 14.4. The van der Waals surface area contributed by atoms with E-state index in [4.69, 9.17) is 9.72 Å². The summed E-state index contributed by atoms with van der Waals surface area (Å²) in [5, 5.41) is 5.27. The van der Waals surface area contributed by atoms with Crippen molar-refractivity contribution in [2.45, 2.75) is 0 Å². The fourth-order valence-corrected chi connectivity index (χ4v) is 2.96. The molecule has 3 N–H and O–H groups in total. The number of nitrogens with zero attached hydrogens (tertiary/aromatic N) is 3. The molecule has 1 fully saturated rings. The highest BCUT2D eigenvalue weighted by Crippen LogP contribution is 2.27. The highest BCUT2D eigenvalue weighted by molar-refractivity contribution is 5.90. The van der Waals surface area contributed by atoms with Crippen LogP contribution in [0.4, 0.5) is 16.3 Å². The summed E-state index contributed by atoms with van der Waals surface area (Å²) in [4.78, 5) is 26.3. The molecule has 0 unspecified atom stereocenters. The molecule has 2 aromatic heterocycles. The van der Waals surface area contributed by atoms with Gasteiger partial charge in [0.25, 0.3) is 0 Å². The molecule has 26 heavy (non-hydrogen) atoms. The monoisotopic (exact) mass is 352 g/mol. The minimum Gasteiger partial charge on any atom is -0.378 e. The molecular formula is C18H20N6O2. The van der Waals surface area contributed by atoms with Crippen molar-refractivity contribution in [1.82, 2.24) is 20.3 Å². The van der Waals surface area contributed by atoms with Crippen LogP contribution in [0.1, 0.15) is 0 Å². The smallest absolute Gasteiger partial charge is 0.318 e. The van der Waals surface area contributed by atoms with Crippen LogP contribution in [0.25, 0.3) is 22.4 Å². The van der Waals surface area contributed by atoms with Gasteiger partial charge in [0.15, 0.2) is 11.6 Å². The minimum atomic E-state index is -0.252. The number of aromatic amines is 1. The number of carbonyl (C=O) groups is 1. The lowest BCUT2D eigenvalue weighted by molar-refractivity contribution is 0.122. The molecule has 0 radical (unpaired) electrons. The second kappa shape index (κ2) is 7.01. The summed E-state index contributed by atoms with van der Waals surface area (Å²) in [6.45, 7) is 3.00. The van der Waals surface area contributed by atoms with Gasteiger partial charge < -0.3 is 25.3 Å². The molecule has 134 valence electrons. The largest absolute Gasteiger partial charge is 0.378 e. The van der Waals surface area contributed by atoms with E-state index >= 15 is 0 Å². The van der Waals surface area contributed by atoms with Crippen LogP contribution < -0.4 is 15.5 Å². The molecule has 0 spiro atoms. The topological polar surface area (TPSA) is 95.2 Å². The fraction of sp³-hybridized carbons (Fsp3) is 0.278. The van der Waals surface area contributed by atoms with Crippen molar-refractivity contribution in [2.24, 2.45) is 0 Å². The van der Waals surface area contributed by atoms with Gasteiger partial charge in [-0.3, -0.25) is 0 Å². The summed E-state index contributed by atoms with van der Waals surface area (Å²) < 4.78 is 5.45. The molecule has 0 atom stereocenters. The van der Waals surface area contributed by atoms with E-state index in [-0.39, 0.29) is 6.03 Å². The third kappa shape index (κ3) is 3.18. The van der Waals surface area contributed by atoms with Gasteiger partial charge in [-0.1, -0.05) is 0 Å². The Morgan fingerprint density at radius 3 is 2.65 bits per heavy atom. The first kappa shape index (κ1) is 16.3. The Labute approximate surface area is 150 Å². The van der Waals surface area contributed by atoms with Gasteiger partial charge >= 0.3 is 6.03 Å². The maximum Gasteiger partial charge on any atom is 0.318 e. The van der Waals surface area contributed by atoms with Crippen LogP contribution in [-0.2, 0) is 4.74 Å². The predicted molar refractivity (Wildman–Crippen MR) is 100 cm³/mol. The molecule has 1 aromatic carbocycles. The van der Waals surface area contributed by atoms with Gasteiger partial charge in [-0.2, -0.15) is 0 Å². The number of anilines is 2. The second-order valence-electron chi connectivity index (χ2n) is 5.99. The lowest BCUT2D eigenvalue weighted by Gasteiger charge is -2.28. The number of nitrogens with one attached hydrogen (secondary N) is 3. The number of aromatic nitrogens is 3. The van der Waals surface area contributed by atoms with E-state index < -0.39 is 0 Å². The van der Waals surface area contributed by atoms with Crippen molar-refractivity contribution in [2.75, 3.05) is 43.6 Å². The Morgan fingerprint density at radius 1 is 1.15 bits per heavy atom. The molecule has 0 saturated carbocycles. The molecule has 0 aliphatic carbocycles. The highest BCUT2D eigenvalue weighted by Gasteiger charge is 2.18. The predicted octanol–water partition coefficient (Wildman–Crippen LogP) is 2.21. The number of ether oxygens (including phenoxy) is 1. The average molecular weight is 352 g/mol. The van der Waals surface area contributed by atoms with Crippen LogP contribution in [0, 0.1) is 0 Å². The fourth-order valence-electron chi connectivity index (χ4n) is 2.96. The second-order valence-corrected chi connectivity index (χ2v) is 5.99. The molecule has 1 aliphatic rings. The Morgan fingerprint density at radius 2 is 1.92 bits per heavy atom. The van der Waals surface area contributed by atoms with Crippen molar-refractivity contribution in [3.8, 4) is 11.4 Å². The number of H-pyrrole nitrogens is 1. The van der Waals surface area contributed by atoms with Crippen LogP contribution in [0.5, 0.6) is 0 Å². The van der Waals surface area contributed by atoms with Crippen LogP contribution >= 0.6 is 0 Å². The molecule has 2 amide bonds. The molecule has 8 heteroatoms. The van der Waals surface area contributed by atoms with Gasteiger partial charge in [-0.15, -0.1) is 0 Å². The van der Waals surface area contributed by atoms with Crippen molar-refractivity contribution >= 4 is 28.6 Å². The maximum absolute atomic E-state index is 11.4. The minimum absolute atomic E-state index is 0.252. The Hall–Kier alpha value is -3.13. The quantitative estimate of drug-likeness (QED) is 0.672. The molecule has 0 bridgehead atoms. The van der Waals surface area contributed by atoms with E-state index in [1.807, 2.05) is 36.5 Å². The number of rotatable bonds is 3. The number of carbonyl (C=O) groups excluding carboxylic acids is 1. The van der Waals surface area contributed by atoms with Crippen molar-refractivity contribution in [3.63, 3.8) is 0 Å². The zero-order valence-corrected chi connectivity index (χ0v) is 14.5. The molecule has 3 aromatic rings. The molecule has 8 nitrogen and oxygen atoms in total.